The smallest absolute Gasteiger partial charge is 0.242 e. The van der Waals surface area contributed by atoms with Crippen LogP contribution in [0.1, 0.15) is 18.1 Å². The Labute approximate surface area is 264 Å². The van der Waals surface area contributed by atoms with Gasteiger partial charge in [-0.05, 0) is 59.1 Å². The standard InChI is InChI=1S/C35H32ClF2N3O2S/c1-2-39-17-18-40(21-24-7-9-25(10-8-24)26-11-14-28(36)15-12-26)34(43)22-41-32-6-4-3-5-30(32)33(42)20-35(41)44-23-27-13-16-29(37)19-31(27)38/h3-16,19-20,39H,2,17-18,21-23H2,1H3. The van der Waals surface area contributed by atoms with Crippen LogP contribution < -0.4 is 10.7 Å². The van der Waals surface area contributed by atoms with Gasteiger partial charge in [0.15, 0.2) is 5.43 Å². The lowest BCUT2D eigenvalue weighted by Crippen LogP contribution is -2.38. The molecule has 0 atom stereocenters. The summed E-state index contributed by atoms with van der Waals surface area (Å²) in [5.41, 5.74) is 3.83. The highest BCUT2D eigenvalue weighted by Crippen LogP contribution is 2.27. The van der Waals surface area contributed by atoms with Crippen LogP contribution in [0, 0.1) is 11.6 Å². The lowest BCUT2D eigenvalue weighted by atomic mass is 10.0. The maximum atomic E-state index is 14.4. The minimum Gasteiger partial charge on any atom is -0.336 e. The number of nitrogens with zero attached hydrogens (tertiary/aromatic N) is 2. The van der Waals surface area contributed by atoms with Gasteiger partial charge in [-0.2, -0.15) is 0 Å². The fourth-order valence-electron chi connectivity index (χ4n) is 4.96. The number of hydrogen-bond acceptors (Lipinski definition) is 4. The van der Waals surface area contributed by atoms with Crippen molar-refractivity contribution in [1.82, 2.24) is 14.8 Å². The number of likely N-dealkylation sites (N-methyl/N-ethyl adjacent to an activating group) is 1. The van der Waals surface area contributed by atoms with Crippen molar-refractivity contribution >= 4 is 40.2 Å². The molecule has 1 aromatic heterocycles. The number of halogens is 3. The number of carbonyl (C=O) groups is 1. The highest BCUT2D eigenvalue weighted by Gasteiger charge is 2.19. The highest BCUT2D eigenvalue weighted by atomic mass is 35.5. The quantitative estimate of drug-likeness (QED) is 0.114. The van der Waals surface area contributed by atoms with E-state index >= 15 is 0 Å². The maximum absolute atomic E-state index is 14.4. The minimum atomic E-state index is -0.653. The van der Waals surface area contributed by atoms with Gasteiger partial charge in [0.1, 0.15) is 18.2 Å². The van der Waals surface area contributed by atoms with Crippen LogP contribution in [0.5, 0.6) is 0 Å². The minimum absolute atomic E-state index is 0.00991. The average Bonchev–Trinajstić information content (AvgIpc) is 3.02. The predicted molar refractivity (Wildman–Crippen MR) is 175 cm³/mol. The molecule has 0 fully saturated rings. The Hall–Kier alpha value is -3.98. The third-order valence-electron chi connectivity index (χ3n) is 7.33. The number of rotatable bonds is 12. The van der Waals surface area contributed by atoms with Crippen LogP contribution in [0.25, 0.3) is 22.0 Å². The summed E-state index contributed by atoms with van der Waals surface area (Å²) in [5.74, 6) is -1.25. The molecule has 0 aliphatic heterocycles. The van der Waals surface area contributed by atoms with Crippen LogP contribution in [0.4, 0.5) is 8.78 Å². The van der Waals surface area contributed by atoms with E-state index in [1.54, 1.807) is 17.0 Å². The van der Waals surface area contributed by atoms with Crippen LogP contribution in [0.3, 0.4) is 0 Å². The summed E-state index contributed by atoms with van der Waals surface area (Å²) in [4.78, 5) is 28.8. The number of thioether (sulfide) groups is 1. The SMILES string of the molecule is CCNCCN(Cc1ccc(-c2ccc(Cl)cc2)cc1)C(=O)Cn1c(SCc2ccc(F)cc2F)cc(=O)c2ccccc21. The first-order valence-electron chi connectivity index (χ1n) is 14.3. The molecule has 0 radical (unpaired) electrons. The zero-order chi connectivity index (χ0) is 31.1. The van der Waals surface area contributed by atoms with Crippen molar-refractivity contribution in [2.75, 3.05) is 19.6 Å². The van der Waals surface area contributed by atoms with Crippen LogP contribution in [-0.4, -0.2) is 35.0 Å². The largest absolute Gasteiger partial charge is 0.336 e. The summed E-state index contributed by atoms with van der Waals surface area (Å²) in [6.45, 7) is 4.31. The van der Waals surface area contributed by atoms with Gasteiger partial charge in [0.05, 0.1) is 10.5 Å². The second-order valence-electron chi connectivity index (χ2n) is 10.3. The van der Waals surface area contributed by atoms with E-state index in [-0.39, 0.29) is 23.6 Å². The van der Waals surface area contributed by atoms with Gasteiger partial charge >= 0.3 is 0 Å². The van der Waals surface area contributed by atoms with Crippen molar-refractivity contribution < 1.29 is 13.6 Å². The number of amides is 1. The molecule has 1 N–H and O–H groups in total. The van der Waals surface area contributed by atoms with Crippen molar-refractivity contribution in [3.05, 3.63) is 135 Å². The van der Waals surface area contributed by atoms with E-state index in [4.69, 9.17) is 11.6 Å². The van der Waals surface area contributed by atoms with Gasteiger partial charge in [0.2, 0.25) is 5.91 Å². The number of para-hydroxylation sites is 1. The van der Waals surface area contributed by atoms with Crippen molar-refractivity contribution in [3.63, 3.8) is 0 Å². The molecule has 0 spiro atoms. The van der Waals surface area contributed by atoms with Crippen LogP contribution in [0.2, 0.25) is 5.02 Å². The summed E-state index contributed by atoms with van der Waals surface area (Å²) in [6, 6.07) is 27.8. The molecule has 0 aliphatic carbocycles. The van der Waals surface area contributed by atoms with E-state index < -0.39 is 11.6 Å². The Kier molecular flexibility index (Phi) is 10.5. The highest BCUT2D eigenvalue weighted by molar-refractivity contribution is 7.98. The van der Waals surface area contributed by atoms with Crippen molar-refractivity contribution in [2.45, 2.75) is 30.8 Å². The van der Waals surface area contributed by atoms with Crippen molar-refractivity contribution in [3.8, 4) is 11.1 Å². The predicted octanol–water partition coefficient (Wildman–Crippen LogP) is 7.53. The third-order valence-corrected chi connectivity index (χ3v) is 8.67. The first kappa shape index (κ1) is 31.4. The average molecular weight is 632 g/mol. The van der Waals surface area contributed by atoms with Gasteiger partial charge in [-0.3, -0.25) is 9.59 Å². The van der Waals surface area contributed by atoms with E-state index in [9.17, 15) is 18.4 Å². The Balaban J connectivity index is 1.41. The third kappa shape index (κ3) is 7.75. The van der Waals surface area contributed by atoms with Gasteiger partial charge < -0.3 is 14.8 Å². The fraction of sp³-hybridized carbons (Fsp3) is 0.200. The molecule has 1 heterocycles. The Morgan fingerprint density at radius 1 is 0.932 bits per heavy atom. The number of aromatic nitrogens is 1. The van der Waals surface area contributed by atoms with Crippen molar-refractivity contribution in [1.29, 1.82) is 0 Å². The number of benzene rings is 4. The summed E-state index contributed by atoms with van der Waals surface area (Å²) in [6.07, 6.45) is 0. The summed E-state index contributed by atoms with van der Waals surface area (Å²) in [7, 11) is 0. The summed E-state index contributed by atoms with van der Waals surface area (Å²) >= 11 is 7.28. The van der Waals surface area contributed by atoms with E-state index in [1.807, 2.05) is 72.2 Å². The normalized spacial score (nSPS) is 11.2. The molecule has 4 aromatic carbocycles. The van der Waals surface area contributed by atoms with E-state index in [0.717, 1.165) is 29.3 Å². The molecule has 5 rings (SSSR count). The topological polar surface area (TPSA) is 54.3 Å². The van der Waals surface area contributed by atoms with Crippen LogP contribution >= 0.6 is 23.4 Å². The second-order valence-corrected chi connectivity index (χ2v) is 11.8. The van der Waals surface area contributed by atoms with Gasteiger partial charge in [0.25, 0.3) is 0 Å². The van der Waals surface area contributed by atoms with E-state index in [2.05, 4.69) is 5.32 Å². The molecule has 0 saturated heterocycles. The molecule has 0 unspecified atom stereocenters. The number of hydrogen-bond donors (Lipinski definition) is 1. The van der Waals surface area contributed by atoms with Gasteiger partial charge in [-0.1, -0.05) is 73.1 Å². The van der Waals surface area contributed by atoms with Crippen LogP contribution in [0.15, 0.2) is 107 Å². The summed E-state index contributed by atoms with van der Waals surface area (Å²) in [5, 5.41) is 5.00. The zero-order valence-electron chi connectivity index (χ0n) is 24.2. The molecular weight excluding hydrogens is 600 g/mol. The fourth-order valence-corrected chi connectivity index (χ4v) is 6.13. The van der Waals surface area contributed by atoms with E-state index in [1.165, 1.54) is 30.0 Å². The molecule has 5 nitrogen and oxygen atoms in total. The number of pyridine rings is 1. The molecule has 0 bridgehead atoms. The monoisotopic (exact) mass is 631 g/mol. The van der Waals surface area contributed by atoms with E-state index in [0.29, 0.717) is 46.1 Å². The lowest BCUT2D eigenvalue weighted by molar-refractivity contribution is -0.132. The molecule has 0 saturated carbocycles. The Morgan fingerprint density at radius 2 is 1.64 bits per heavy atom. The Bertz CT molecular complexity index is 1810. The molecule has 44 heavy (non-hydrogen) atoms. The van der Waals surface area contributed by atoms with Gasteiger partial charge in [0, 0.05) is 47.9 Å². The lowest BCUT2D eigenvalue weighted by Gasteiger charge is -2.25. The zero-order valence-corrected chi connectivity index (χ0v) is 25.8. The first-order valence-corrected chi connectivity index (χ1v) is 15.7. The molecule has 226 valence electrons. The molecule has 9 heteroatoms. The maximum Gasteiger partial charge on any atom is 0.242 e. The molecule has 0 aliphatic rings. The van der Waals surface area contributed by atoms with Gasteiger partial charge in [-0.15, -0.1) is 11.8 Å². The summed E-state index contributed by atoms with van der Waals surface area (Å²) < 4.78 is 29.7. The molecular formula is C35H32ClF2N3O2S. The number of nitrogens with one attached hydrogen (secondary N) is 1. The molecule has 5 aromatic rings. The molecule has 1 amide bonds. The second kappa shape index (κ2) is 14.7. The number of carbonyl (C=O) groups excluding carboxylic acids is 1. The van der Waals surface area contributed by atoms with Crippen molar-refractivity contribution in [2.24, 2.45) is 0 Å². The number of fused-ring (bicyclic) bond motifs is 1. The van der Waals surface area contributed by atoms with Gasteiger partial charge in [-0.25, -0.2) is 8.78 Å². The van der Waals surface area contributed by atoms with Crippen LogP contribution in [-0.2, 0) is 23.6 Å². The first-order chi connectivity index (χ1) is 21.3. The Morgan fingerprint density at radius 3 is 2.34 bits per heavy atom.